The molecular formula is C21H22Cl2KN5O. The van der Waals surface area contributed by atoms with E-state index in [0.717, 1.165) is 16.8 Å². The first-order chi connectivity index (χ1) is 13.7. The van der Waals surface area contributed by atoms with Gasteiger partial charge in [-0.05, 0) is 12.1 Å². The van der Waals surface area contributed by atoms with E-state index >= 15 is 0 Å². The number of aryl methyl sites for hydroxylation is 1. The topological polar surface area (TPSA) is 68.6 Å². The summed E-state index contributed by atoms with van der Waals surface area (Å²) < 4.78 is 7.25. The average Bonchev–Trinajstić information content (AvgIpc) is 3.21. The third-order valence-corrected chi connectivity index (χ3v) is 5.39. The third-order valence-electron chi connectivity index (χ3n) is 4.70. The molecule has 3 aromatic heterocycles. The molecule has 4 rings (SSSR count). The summed E-state index contributed by atoms with van der Waals surface area (Å²) in [6.07, 6.45) is 0. The average molecular weight is 470 g/mol. The summed E-state index contributed by atoms with van der Waals surface area (Å²) in [5.74, 6) is 1.01. The Labute approximate surface area is 229 Å². The van der Waals surface area contributed by atoms with Gasteiger partial charge in [0.05, 0.1) is 29.0 Å². The van der Waals surface area contributed by atoms with Crippen molar-refractivity contribution in [3.63, 3.8) is 0 Å². The van der Waals surface area contributed by atoms with E-state index in [4.69, 9.17) is 32.9 Å². The largest absolute Gasteiger partial charge is 1.00 e. The van der Waals surface area contributed by atoms with Crippen LogP contribution in [0, 0.1) is 0 Å². The summed E-state index contributed by atoms with van der Waals surface area (Å²) in [6.45, 7) is 6.23. The van der Waals surface area contributed by atoms with E-state index < -0.39 is 0 Å². The molecule has 0 amide bonds. The number of nitrogens with one attached hydrogen (secondary N) is 1. The Morgan fingerprint density at radius 1 is 1.13 bits per heavy atom. The van der Waals surface area contributed by atoms with Gasteiger partial charge in [0.15, 0.2) is 11.3 Å². The number of hydrogen-bond donors (Lipinski definition) is 1. The van der Waals surface area contributed by atoms with E-state index in [1.807, 2.05) is 37.4 Å². The fraction of sp³-hybridized carbons (Fsp3) is 0.286. The predicted octanol–water partition coefficient (Wildman–Crippen LogP) is 2.75. The molecule has 4 aromatic rings. The molecule has 0 bridgehead atoms. The molecule has 0 aliphatic rings. The van der Waals surface area contributed by atoms with E-state index in [1.165, 1.54) is 0 Å². The number of hydrogen-bond acceptors (Lipinski definition) is 4. The number of halogens is 2. The molecule has 152 valence electrons. The minimum absolute atomic E-state index is 0. The Morgan fingerprint density at radius 2 is 1.83 bits per heavy atom. The molecule has 0 fully saturated rings. The number of H-pyrrole nitrogens is 1. The van der Waals surface area contributed by atoms with Crippen LogP contribution in [0.1, 0.15) is 27.9 Å². The van der Waals surface area contributed by atoms with Gasteiger partial charge in [0.25, 0.3) is 0 Å². The molecule has 0 aliphatic carbocycles. The van der Waals surface area contributed by atoms with E-state index in [1.54, 1.807) is 11.8 Å². The van der Waals surface area contributed by atoms with Gasteiger partial charge in [-0.25, -0.2) is 9.97 Å². The van der Waals surface area contributed by atoms with Crippen LogP contribution in [0.15, 0.2) is 30.3 Å². The van der Waals surface area contributed by atoms with Gasteiger partial charge in [-0.3, -0.25) is 4.68 Å². The number of benzene rings is 1. The molecule has 6 nitrogen and oxygen atoms in total. The first-order valence-electron chi connectivity index (χ1n) is 9.13. The summed E-state index contributed by atoms with van der Waals surface area (Å²) >= 11 is 13.0. The molecule has 0 saturated heterocycles. The number of ether oxygens (including phenoxy) is 1. The van der Waals surface area contributed by atoms with Crippen molar-refractivity contribution in [2.75, 3.05) is 7.11 Å². The minimum atomic E-state index is -0.185. The quantitative estimate of drug-likeness (QED) is 0.468. The van der Waals surface area contributed by atoms with Crippen LogP contribution >= 0.6 is 23.2 Å². The second kappa shape index (κ2) is 8.90. The Hall–Kier alpha value is -0.934. The zero-order valence-corrected chi connectivity index (χ0v) is 22.5. The number of aromatic nitrogens is 5. The van der Waals surface area contributed by atoms with Crippen molar-refractivity contribution in [2.24, 2.45) is 7.05 Å². The Morgan fingerprint density at radius 3 is 2.43 bits per heavy atom. The van der Waals surface area contributed by atoms with Crippen molar-refractivity contribution >= 4 is 34.2 Å². The maximum absolute atomic E-state index is 6.69. The van der Waals surface area contributed by atoms with Gasteiger partial charge in [0.1, 0.15) is 5.69 Å². The molecule has 1 aromatic carbocycles. The maximum Gasteiger partial charge on any atom is 1.00 e. The molecule has 9 heteroatoms. The molecular weight excluding hydrogens is 448 g/mol. The number of pyridine rings is 1. The third kappa shape index (κ3) is 4.21. The van der Waals surface area contributed by atoms with Gasteiger partial charge in [0.2, 0.25) is 5.88 Å². The summed E-state index contributed by atoms with van der Waals surface area (Å²) in [5, 5.41) is 5.80. The van der Waals surface area contributed by atoms with Gasteiger partial charge < -0.3 is 11.1 Å². The molecule has 1 N–H and O–H groups in total. The second-order valence-electron chi connectivity index (χ2n) is 7.86. The van der Waals surface area contributed by atoms with Crippen LogP contribution < -0.4 is 56.1 Å². The Bertz CT molecular complexity index is 1230. The monoisotopic (exact) mass is 469 g/mol. The van der Waals surface area contributed by atoms with Crippen LogP contribution in [-0.2, 0) is 12.5 Å². The molecule has 30 heavy (non-hydrogen) atoms. The van der Waals surface area contributed by atoms with Crippen LogP contribution in [0.3, 0.4) is 0 Å². The van der Waals surface area contributed by atoms with Gasteiger partial charge in [-0.1, -0.05) is 62.2 Å². The molecule has 3 heterocycles. The van der Waals surface area contributed by atoms with Crippen molar-refractivity contribution < 1.29 is 57.5 Å². The number of aromatic amines is 1. The predicted molar refractivity (Wildman–Crippen MR) is 118 cm³/mol. The first kappa shape index (κ1) is 23.7. The molecule has 0 aliphatic heterocycles. The van der Waals surface area contributed by atoms with E-state index in [9.17, 15) is 0 Å². The Balaban J connectivity index is 0.00000171. The molecule has 0 atom stereocenters. The number of nitrogens with zero attached hydrogens (tertiary/aromatic N) is 4. The fourth-order valence-electron chi connectivity index (χ4n) is 3.28. The summed E-state index contributed by atoms with van der Waals surface area (Å²) in [4.78, 5) is 12.7. The molecule has 0 unspecified atom stereocenters. The van der Waals surface area contributed by atoms with Gasteiger partial charge in [-0.2, -0.15) is 5.10 Å². The van der Waals surface area contributed by atoms with Crippen LogP contribution in [-0.4, -0.2) is 31.8 Å². The minimum Gasteiger partial charge on any atom is -1.00 e. The van der Waals surface area contributed by atoms with Gasteiger partial charge in [0, 0.05) is 23.0 Å². The zero-order chi connectivity index (χ0) is 20.9. The van der Waals surface area contributed by atoms with Gasteiger partial charge >= 0.3 is 51.4 Å². The second-order valence-corrected chi connectivity index (χ2v) is 8.65. The fourth-order valence-corrected chi connectivity index (χ4v) is 4.05. The van der Waals surface area contributed by atoms with Crippen molar-refractivity contribution in [1.29, 1.82) is 0 Å². The maximum atomic E-state index is 6.69. The van der Waals surface area contributed by atoms with Crippen molar-refractivity contribution in [3.05, 3.63) is 46.1 Å². The van der Waals surface area contributed by atoms with Crippen LogP contribution in [0.5, 0.6) is 5.88 Å². The molecule has 0 spiro atoms. The van der Waals surface area contributed by atoms with Gasteiger partial charge in [-0.15, -0.1) is 0 Å². The van der Waals surface area contributed by atoms with E-state index in [0.29, 0.717) is 38.7 Å². The number of imidazole rings is 1. The van der Waals surface area contributed by atoms with E-state index in [2.05, 4.69) is 35.8 Å². The number of rotatable bonds is 3. The summed E-state index contributed by atoms with van der Waals surface area (Å²) in [6, 6.07) is 9.46. The van der Waals surface area contributed by atoms with Crippen molar-refractivity contribution in [1.82, 2.24) is 24.7 Å². The Kier molecular flexibility index (Phi) is 7.04. The number of methoxy groups -OCH3 is 1. The standard InChI is InChI=1S/C21H21Cl2N5O.K.H/c1-21(2,3)18-15(23)17(28(4)27-18)19-24-14-10-13(11-8-6-7-9-12(11)22)25-20(29-5)16(14)26-19;;/h6-10H,1-5H3,(H,24,26);;/q;+1;-1. The smallest absolute Gasteiger partial charge is 1.00 e. The van der Waals surface area contributed by atoms with Crippen LogP contribution in [0.25, 0.3) is 33.8 Å². The zero-order valence-electron chi connectivity index (χ0n) is 18.8. The van der Waals surface area contributed by atoms with E-state index in [-0.39, 0.29) is 58.2 Å². The summed E-state index contributed by atoms with van der Waals surface area (Å²) in [7, 11) is 3.43. The van der Waals surface area contributed by atoms with Crippen molar-refractivity contribution in [3.8, 4) is 28.7 Å². The van der Waals surface area contributed by atoms with Crippen LogP contribution in [0.2, 0.25) is 10.0 Å². The molecule has 0 radical (unpaired) electrons. The van der Waals surface area contributed by atoms with Crippen LogP contribution in [0.4, 0.5) is 0 Å². The number of fused-ring (bicyclic) bond motifs is 1. The van der Waals surface area contributed by atoms with Crippen molar-refractivity contribution in [2.45, 2.75) is 26.2 Å². The summed E-state index contributed by atoms with van der Waals surface area (Å²) in [5.41, 5.74) is 4.26. The normalized spacial score (nSPS) is 11.6. The molecule has 0 saturated carbocycles. The SMILES string of the molecule is COc1nc(-c2ccccc2Cl)cc2[nH]c(-c3c(Cl)c(C(C)(C)C)nn3C)nc12.[H-].[K+]. The first-order valence-corrected chi connectivity index (χ1v) is 9.89.